The summed E-state index contributed by atoms with van der Waals surface area (Å²) >= 11 is 0. The summed E-state index contributed by atoms with van der Waals surface area (Å²) in [5.41, 5.74) is 4.15. The van der Waals surface area contributed by atoms with E-state index < -0.39 is 0 Å². The minimum Gasteiger partial charge on any atom is -0.456 e. The zero-order chi connectivity index (χ0) is 19.9. The fourth-order valence-corrected chi connectivity index (χ4v) is 3.09. The molecule has 0 aliphatic heterocycles. The van der Waals surface area contributed by atoms with Gasteiger partial charge in [-0.15, -0.1) is 0 Å². The Kier molecular flexibility index (Phi) is 6.33. The van der Waals surface area contributed by atoms with Gasteiger partial charge in [0.2, 0.25) is 0 Å². The van der Waals surface area contributed by atoms with Crippen molar-refractivity contribution in [1.29, 1.82) is 0 Å². The maximum absolute atomic E-state index is 6.33. The number of hydrogen-bond donors (Lipinski definition) is 0. The lowest BCUT2D eigenvalue weighted by atomic mass is 10.1. The van der Waals surface area contributed by atoms with E-state index in [4.69, 9.17) is 9.47 Å². The summed E-state index contributed by atoms with van der Waals surface area (Å²) in [6, 6.07) is 20.1. The Labute approximate surface area is 167 Å². The SMILES string of the molecule is CC=Cc1ccccc1Oc1ccc(C)c(Oc2ccccc2C=CC)c1C. The Hall–Kier alpha value is -3.26. The molecule has 142 valence electrons. The van der Waals surface area contributed by atoms with Crippen molar-refractivity contribution in [3.63, 3.8) is 0 Å². The molecule has 0 heterocycles. The Morgan fingerprint density at radius 2 is 1.14 bits per heavy atom. The molecular formula is C26H26O2. The normalized spacial score (nSPS) is 11.3. The first-order valence-corrected chi connectivity index (χ1v) is 9.53. The number of hydrogen-bond acceptors (Lipinski definition) is 2. The number of para-hydroxylation sites is 2. The summed E-state index contributed by atoms with van der Waals surface area (Å²) in [7, 11) is 0. The van der Waals surface area contributed by atoms with Gasteiger partial charge in [-0.2, -0.15) is 0 Å². The van der Waals surface area contributed by atoms with Crippen molar-refractivity contribution < 1.29 is 9.47 Å². The van der Waals surface area contributed by atoms with Crippen LogP contribution in [0.3, 0.4) is 0 Å². The summed E-state index contributed by atoms with van der Waals surface area (Å²) in [6.45, 7) is 8.10. The van der Waals surface area contributed by atoms with E-state index in [0.717, 1.165) is 45.3 Å². The van der Waals surface area contributed by atoms with Gasteiger partial charge in [-0.05, 0) is 51.5 Å². The van der Waals surface area contributed by atoms with E-state index in [-0.39, 0.29) is 0 Å². The minimum atomic E-state index is 0.793. The van der Waals surface area contributed by atoms with Gasteiger partial charge in [-0.3, -0.25) is 0 Å². The molecular weight excluding hydrogens is 344 g/mol. The monoisotopic (exact) mass is 370 g/mol. The Balaban J connectivity index is 1.98. The fourth-order valence-electron chi connectivity index (χ4n) is 3.09. The molecule has 3 aromatic rings. The van der Waals surface area contributed by atoms with Gasteiger partial charge < -0.3 is 9.47 Å². The van der Waals surface area contributed by atoms with Crippen LogP contribution in [0.4, 0.5) is 0 Å². The highest BCUT2D eigenvalue weighted by atomic mass is 16.5. The van der Waals surface area contributed by atoms with Crippen LogP contribution in [-0.2, 0) is 0 Å². The third-order valence-corrected chi connectivity index (χ3v) is 4.52. The molecule has 28 heavy (non-hydrogen) atoms. The molecule has 0 radical (unpaired) electrons. The summed E-state index contributed by atoms with van der Waals surface area (Å²) in [6.07, 6.45) is 8.12. The highest BCUT2D eigenvalue weighted by Crippen LogP contribution is 2.38. The highest BCUT2D eigenvalue weighted by Gasteiger charge is 2.14. The third kappa shape index (κ3) is 4.34. The number of benzene rings is 3. The van der Waals surface area contributed by atoms with Crippen LogP contribution in [0, 0.1) is 13.8 Å². The van der Waals surface area contributed by atoms with Crippen molar-refractivity contribution in [3.8, 4) is 23.0 Å². The molecule has 0 atom stereocenters. The topological polar surface area (TPSA) is 18.5 Å². The molecule has 3 rings (SSSR count). The smallest absolute Gasteiger partial charge is 0.136 e. The van der Waals surface area contributed by atoms with Crippen molar-refractivity contribution in [2.45, 2.75) is 27.7 Å². The molecule has 0 unspecified atom stereocenters. The average Bonchev–Trinajstić information content (AvgIpc) is 2.70. The van der Waals surface area contributed by atoms with Gasteiger partial charge in [-0.25, -0.2) is 0 Å². The maximum atomic E-state index is 6.33. The zero-order valence-electron chi connectivity index (χ0n) is 16.9. The Morgan fingerprint density at radius 3 is 1.71 bits per heavy atom. The standard InChI is InChI=1S/C26H26O2/c1-5-11-21-13-7-9-15-24(21)27-23-18-17-19(3)26(20(23)4)28-25-16-10-8-14-22(25)12-6-2/h5-18H,1-4H3. The van der Waals surface area contributed by atoms with Gasteiger partial charge in [0.25, 0.3) is 0 Å². The van der Waals surface area contributed by atoms with Crippen LogP contribution in [0.1, 0.15) is 36.1 Å². The van der Waals surface area contributed by atoms with E-state index in [1.54, 1.807) is 0 Å². The fraction of sp³-hybridized carbons (Fsp3) is 0.154. The molecule has 0 aromatic heterocycles. The predicted octanol–water partition coefficient (Wildman–Crippen LogP) is 7.95. The van der Waals surface area contributed by atoms with E-state index in [1.165, 1.54) is 0 Å². The molecule has 2 nitrogen and oxygen atoms in total. The average molecular weight is 370 g/mol. The van der Waals surface area contributed by atoms with Crippen LogP contribution in [0.2, 0.25) is 0 Å². The first-order chi connectivity index (χ1) is 13.6. The highest BCUT2D eigenvalue weighted by molar-refractivity contribution is 5.61. The first kappa shape index (κ1) is 19.5. The maximum Gasteiger partial charge on any atom is 0.136 e. The molecule has 0 saturated carbocycles. The molecule has 0 aliphatic rings. The van der Waals surface area contributed by atoms with Gasteiger partial charge in [0.05, 0.1) is 0 Å². The molecule has 0 spiro atoms. The van der Waals surface area contributed by atoms with Gasteiger partial charge in [0, 0.05) is 16.7 Å². The van der Waals surface area contributed by atoms with Crippen LogP contribution in [0.15, 0.2) is 72.8 Å². The molecule has 0 N–H and O–H groups in total. The van der Waals surface area contributed by atoms with E-state index in [0.29, 0.717) is 0 Å². The Bertz CT molecular complexity index is 1010. The summed E-state index contributed by atoms with van der Waals surface area (Å²) in [5.74, 6) is 3.28. The molecule has 0 fully saturated rings. The molecule has 0 aliphatic carbocycles. The van der Waals surface area contributed by atoms with Crippen LogP contribution >= 0.6 is 0 Å². The number of rotatable bonds is 6. The van der Waals surface area contributed by atoms with Gasteiger partial charge in [0.1, 0.15) is 23.0 Å². The summed E-state index contributed by atoms with van der Waals surface area (Å²) in [4.78, 5) is 0. The van der Waals surface area contributed by atoms with E-state index in [1.807, 2.05) is 106 Å². The van der Waals surface area contributed by atoms with Crippen LogP contribution < -0.4 is 9.47 Å². The largest absolute Gasteiger partial charge is 0.456 e. The van der Waals surface area contributed by atoms with Crippen molar-refractivity contribution >= 4 is 12.2 Å². The lowest BCUT2D eigenvalue weighted by molar-refractivity contribution is 0.450. The number of allylic oxidation sites excluding steroid dienone is 2. The Morgan fingerprint density at radius 1 is 0.607 bits per heavy atom. The van der Waals surface area contributed by atoms with E-state index in [2.05, 4.69) is 6.92 Å². The van der Waals surface area contributed by atoms with Crippen molar-refractivity contribution in [2.75, 3.05) is 0 Å². The van der Waals surface area contributed by atoms with Crippen molar-refractivity contribution in [3.05, 3.63) is 95.1 Å². The lowest BCUT2D eigenvalue weighted by Crippen LogP contribution is -1.96. The molecule has 3 aromatic carbocycles. The van der Waals surface area contributed by atoms with Crippen LogP contribution in [0.25, 0.3) is 12.2 Å². The second-order valence-electron chi connectivity index (χ2n) is 6.61. The van der Waals surface area contributed by atoms with Crippen LogP contribution in [-0.4, -0.2) is 0 Å². The van der Waals surface area contributed by atoms with Gasteiger partial charge >= 0.3 is 0 Å². The number of aryl methyl sites for hydroxylation is 1. The second-order valence-corrected chi connectivity index (χ2v) is 6.61. The van der Waals surface area contributed by atoms with E-state index in [9.17, 15) is 0 Å². The number of ether oxygens (including phenoxy) is 2. The zero-order valence-corrected chi connectivity index (χ0v) is 16.9. The van der Waals surface area contributed by atoms with Gasteiger partial charge in [0.15, 0.2) is 0 Å². The van der Waals surface area contributed by atoms with E-state index >= 15 is 0 Å². The van der Waals surface area contributed by atoms with Crippen molar-refractivity contribution in [2.24, 2.45) is 0 Å². The second kappa shape index (κ2) is 9.09. The molecule has 0 bridgehead atoms. The lowest BCUT2D eigenvalue weighted by Gasteiger charge is -2.17. The van der Waals surface area contributed by atoms with Crippen LogP contribution in [0.5, 0.6) is 23.0 Å². The summed E-state index contributed by atoms with van der Waals surface area (Å²) < 4.78 is 12.6. The first-order valence-electron chi connectivity index (χ1n) is 9.53. The predicted molar refractivity (Wildman–Crippen MR) is 118 cm³/mol. The quantitative estimate of drug-likeness (QED) is 0.438. The van der Waals surface area contributed by atoms with Crippen molar-refractivity contribution in [1.82, 2.24) is 0 Å². The molecule has 2 heteroatoms. The minimum absolute atomic E-state index is 0.793. The molecule has 0 saturated heterocycles. The molecule has 0 amide bonds. The summed E-state index contributed by atoms with van der Waals surface area (Å²) in [5, 5.41) is 0. The third-order valence-electron chi connectivity index (χ3n) is 4.52. The van der Waals surface area contributed by atoms with Gasteiger partial charge in [-0.1, -0.05) is 66.8 Å².